The molecule has 0 aliphatic heterocycles. The highest BCUT2D eigenvalue weighted by Gasteiger charge is 2.07. The second-order valence-electron chi connectivity index (χ2n) is 3.77. The summed E-state index contributed by atoms with van der Waals surface area (Å²) < 4.78 is 10.8. The molecule has 0 spiro atoms. The van der Waals surface area contributed by atoms with Crippen molar-refractivity contribution in [3.05, 3.63) is 30.7 Å². The first kappa shape index (κ1) is 11.9. The van der Waals surface area contributed by atoms with Crippen molar-refractivity contribution in [1.82, 2.24) is 4.98 Å². The summed E-state index contributed by atoms with van der Waals surface area (Å²) in [6, 6.07) is 5.63. The number of aromatic nitrogens is 1. The highest BCUT2D eigenvalue weighted by molar-refractivity contribution is 7.99. The Balaban J connectivity index is 2.18. The van der Waals surface area contributed by atoms with Crippen LogP contribution in [0.2, 0.25) is 0 Å². The number of hydrogen-bond acceptors (Lipinski definition) is 5. The first-order chi connectivity index (χ1) is 8.15. The van der Waals surface area contributed by atoms with Crippen LogP contribution in [0.15, 0.2) is 45.2 Å². The zero-order chi connectivity index (χ0) is 12.3. The molecule has 0 atom stereocenters. The summed E-state index contributed by atoms with van der Waals surface area (Å²) in [5.41, 5.74) is 6.47. The summed E-state index contributed by atoms with van der Waals surface area (Å²) in [5, 5.41) is 0.602. The van der Waals surface area contributed by atoms with Gasteiger partial charge in [-0.3, -0.25) is 0 Å². The molecule has 90 valence electrons. The number of nitrogens with zero attached hydrogens (tertiary/aromatic N) is 1. The van der Waals surface area contributed by atoms with Gasteiger partial charge >= 0.3 is 0 Å². The third-order valence-corrected chi connectivity index (χ3v) is 2.83. The predicted octanol–water partition coefficient (Wildman–Crippen LogP) is 3.20. The molecule has 0 aliphatic rings. The maximum absolute atomic E-state index is 5.84. The topological polar surface area (TPSA) is 61.3 Å². The van der Waals surface area contributed by atoms with E-state index in [0.717, 1.165) is 4.90 Å². The van der Waals surface area contributed by atoms with Crippen LogP contribution in [-0.4, -0.2) is 11.1 Å². The lowest BCUT2D eigenvalue weighted by Crippen LogP contribution is -2.07. The summed E-state index contributed by atoms with van der Waals surface area (Å²) in [4.78, 5) is 5.03. The smallest absolute Gasteiger partial charge is 0.260 e. The van der Waals surface area contributed by atoms with Crippen LogP contribution in [0.4, 0.5) is 5.69 Å². The largest absolute Gasteiger partial charge is 0.489 e. The SMILES string of the molecule is CC(C)Oc1cc(Sc2ncco2)ccc1N. The average molecular weight is 250 g/mol. The number of nitrogens with two attached hydrogens (primary N) is 1. The molecule has 0 fully saturated rings. The van der Waals surface area contributed by atoms with Crippen molar-refractivity contribution < 1.29 is 9.15 Å². The molecule has 2 rings (SSSR count). The molecule has 1 aromatic heterocycles. The Hall–Kier alpha value is -1.62. The van der Waals surface area contributed by atoms with E-state index in [-0.39, 0.29) is 6.10 Å². The minimum atomic E-state index is 0.0966. The van der Waals surface area contributed by atoms with Crippen molar-refractivity contribution >= 4 is 17.4 Å². The molecule has 5 heteroatoms. The highest BCUT2D eigenvalue weighted by atomic mass is 32.2. The lowest BCUT2D eigenvalue weighted by atomic mass is 10.3. The average Bonchev–Trinajstić information content (AvgIpc) is 2.75. The number of oxazole rings is 1. The van der Waals surface area contributed by atoms with Crippen LogP contribution in [0.5, 0.6) is 5.75 Å². The Labute approximate surface area is 104 Å². The maximum Gasteiger partial charge on any atom is 0.260 e. The van der Waals surface area contributed by atoms with Crippen LogP contribution in [-0.2, 0) is 0 Å². The van der Waals surface area contributed by atoms with Gasteiger partial charge in [0.25, 0.3) is 5.22 Å². The van der Waals surface area contributed by atoms with Crippen molar-refractivity contribution in [3.8, 4) is 5.75 Å². The Morgan fingerprint density at radius 1 is 1.41 bits per heavy atom. The Bertz CT molecular complexity index is 483. The molecule has 0 unspecified atom stereocenters. The summed E-state index contributed by atoms with van der Waals surface area (Å²) in [7, 11) is 0. The van der Waals surface area contributed by atoms with Crippen LogP contribution < -0.4 is 10.5 Å². The van der Waals surface area contributed by atoms with Gasteiger partial charge in [-0.1, -0.05) is 0 Å². The Morgan fingerprint density at radius 3 is 2.88 bits per heavy atom. The minimum absolute atomic E-state index is 0.0966. The number of benzene rings is 1. The number of hydrogen-bond donors (Lipinski definition) is 1. The van der Waals surface area contributed by atoms with E-state index in [1.807, 2.05) is 32.0 Å². The van der Waals surface area contributed by atoms with Crippen molar-refractivity contribution in [3.63, 3.8) is 0 Å². The van der Waals surface area contributed by atoms with Crippen molar-refractivity contribution in [1.29, 1.82) is 0 Å². The normalized spacial score (nSPS) is 10.8. The number of ether oxygens (including phenoxy) is 1. The van der Waals surface area contributed by atoms with Crippen molar-refractivity contribution in [2.75, 3.05) is 5.73 Å². The highest BCUT2D eigenvalue weighted by Crippen LogP contribution is 2.32. The molecule has 1 heterocycles. The fourth-order valence-corrected chi connectivity index (χ4v) is 2.02. The van der Waals surface area contributed by atoms with E-state index in [9.17, 15) is 0 Å². The summed E-state index contributed by atoms with van der Waals surface area (Å²) >= 11 is 1.43. The monoisotopic (exact) mass is 250 g/mol. The zero-order valence-corrected chi connectivity index (χ0v) is 10.5. The van der Waals surface area contributed by atoms with Gasteiger partial charge in [-0.05, 0) is 43.8 Å². The van der Waals surface area contributed by atoms with Crippen LogP contribution in [0, 0.1) is 0 Å². The number of rotatable bonds is 4. The van der Waals surface area contributed by atoms with Gasteiger partial charge in [-0.2, -0.15) is 0 Å². The number of anilines is 1. The maximum atomic E-state index is 5.84. The lowest BCUT2D eigenvalue weighted by Gasteiger charge is -2.12. The quantitative estimate of drug-likeness (QED) is 0.844. The third kappa shape index (κ3) is 3.17. The molecule has 0 radical (unpaired) electrons. The molecule has 4 nitrogen and oxygen atoms in total. The van der Waals surface area contributed by atoms with Crippen LogP contribution >= 0.6 is 11.8 Å². The van der Waals surface area contributed by atoms with Gasteiger partial charge < -0.3 is 14.9 Å². The molecular formula is C12H14N2O2S. The zero-order valence-electron chi connectivity index (χ0n) is 9.71. The van der Waals surface area contributed by atoms with Gasteiger partial charge in [0, 0.05) is 4.90 Å². The van der Waals surface area contributed by atoms with Crippen molar-refractivity contribution in [2.45, 2.75) is 30.1 Å². The van der Waals surface area contributed by atoms with Gasteiger partial charge in [0.1, 0.15) is 12.0 Å². The summed E-state index contributed by atoms with van der Waals surface area (Å²) in [6.45, 7) is 3.93. The van der Waals surface area contributed by atoms with Gasteiger partial charge in [-0.15, -0.1) is 0 Å². The van der Waals surface area contributed by atoms with E-state index < -0.39 is 0 Å². The summed E-state index contributed by atoms with van der Waals surface area (Å²) in [6.07, 6.45) is 3.26. The molecule has 0 amide bonds. The van der Waals surface area contributed by atoms with E-state index in [4.69, 9.17) is 14.9 Å². The molecule has 0 saturated heterocycles. The molecule has 1 aromatic carbocycles. The molecule has 2 N–H and O–H groups in total. The molecule has 2 aromatic rings. The minimum Gasteiger partial charge on any atom is -0.489 e. The molecular weight excluding hydrogens is 236 g/mol. The first-order valence-electron chi connectivity index (χ1n) is 5.28. The van der Waals surface area contributed by atoms with Gasteiger partial charge in [-0.25, -0.2) is 4.98 Å². The summed E-state index contributed by atoms with van der Waals surface area (Å²) in [5.74, 6) is 0.691. The van der Waals surface area contributed by atoms with Crippen molar-refractivity contribution in [2.24, 2.45) is 0 Å². The predicted molar refractivity (Wildman–Crippen MR) is 67.2 cm³/mol. The standard InChI is InChI=1S/C12H14N2O2S/c1-8(2)16-11-7-9(3-4-10(11)13)17-12-14-5-6-15-12/h3-8H,13H2,1-2H3. The molecule has 0 aliphatic carbocycles. The fourth-order valence-electron chi connectivity index (χ4n) is 1.30. The molecule has 0 saturated carbocycles. The molecule has 0 bridgehead atoms. The second-order valence-corrected chi connectivity index (χ2v) is 4.79. The van der Waals surface area contributed by atoms with E-state index in [1.165, 1.54) is 11.8 Å². The van der Waals surface area contributed by atoms with Gasteiger partial charge in [0.15, 0.2) is 0 Å². The number of nitrogen functional groups attached to an aromatic ring is 1. The first-order valence-corrected chi connectivity index (χ1v) is 6.10. The van der Waals surface area contributed by atoms with E-state index >= 15 is 0 Å². The Morgan fingerprint density at radius 2 is 2.24 bits per heavy atom. The van der Waals surface area contributed by atoms with Crippen LogP contribution in [0.25, 0.3) is 0 Å². The Kier molecular flexibility index (Phi) is 3.58. The molecule has 17 heavy (non-hydrogen) atoms. The van der Waals surface area contributed by atoms with Crippen LogP contribution in [0.1, 0.15) is 13.8 Å². The van der Waals surface area contributed by atoms with Gasteiger partial charge in [0.05, 0.1) is 18.0 Å². The second kappa shape index (κ2) is 5.14. The van der Waals surface area contributed by atoms with E-state index in [2.05, 4.69) is 4.98 Å². The lowest BCUT2D eigenvalue weighted by molar-refractivity contribution is 0.243. The van der Waals surface area contributed by atoms with E-state index in [1.54, 1.807) is 12.5 Å². The van der Waals surface area contributed by atoms with E-state index in [0.29, 0.717) is 16.7 Å². The van der Waals surface area contributed by atoms with Gasteiger partial charge in [0.2, 0.25) is 0 Å². The fraction of sp³-hybridized carbons (Fsp3) is 0.250. The third-order valence-electron chi connectivity index (χ3n) is 1.96. The van der Waals surface area contributed by atoms with Crippen LogP contribution in [0.3, 0.4) is 0 Å².